The monoisotopic (exact) mass is 303 g/mol. The Kier molecular flexibility index (Phi) is 3.68. The van der Waals surface area contributed by atoms with Gasteiger partial charge in [-0.15, -0.1) is 0 Å². The van der Waals surface area contributed by atoms with Gasteiger partial charge in [0, 0.05) is 22.3 Å². The number of carbonyl (C=O) groups is 1. The van der Waals surface area contributed by atoms with E-state index in [9.17, 15) is 9.18 Å². The Hall–Kier alpha value is -1.87. The van der Waals surface area contributed by atoms with E-state index in [0.29, 0.717) is 5.02 Å². The first-order valence-electron chi connectivity index (χ1n) is 6.91. The fraction of sp³-hybridized carbons (Fsp3) is 0.235. The summed E-state index contributed by atoms with van der Waals surface area (Å²) in [7, 11) is 0. The predicted molar refractivity (Wildman–Crippen MR) is 82.2 cm³/mol. The highest BCUT2D eigenvalue weighted by Gasteiger charge is 2.31. The lowest BCUT2D eigenvalue weighted by Crippen LogP contribution is -2.37. The molecule has 1 aliphatic rings. The second-order valence-electron chi connectivity index (χ2n) is 5.32. The normalized spacial score (nSPS) is 16.9. The molecule has 21 heavy (non-hydrogen) atoms. The highest BCUT2D eigenvalue weighted by Crippen LogP contribution is 2.32. The predicted octanol–water partition coefficient (Wildman–Crippen LogP) is 4.00. The molecule has 4 heteroatoms. The van der Waals surface area contributed by atoms with Crippen LogP contribution < -0.4 is 4.90 Å². The number of carbonyl (C=O) groups excluding carboxylic acids is 1. The minimum Gasteiger partial charge on any atom is -0.309 e. The molecule has 0 fully saturated rings. The average Bonchev–Trinajstić information content (AvgIpc) is 2.78. The standard InChI is InChI=1S/C17H15ClFNO/c1-11-9-12-5-2-3-8-16(12)20(11)17(21)10-13-14(18)6-4-7-15(13)19/h2-8,11H,9-10H2,1H3/t11-/m0/s1. The summed E-state index contributed by atoms with van der Waals surface area (Å²) in [6.07, 6.45) is 0.803. The number of fused-ring (bicyclic) bond motifs is 1. The van der Waals surface area contributed by atoms with Crippen LogP contribution in [0, 0.1) is 5.82 Å². The molecule has 2 aromatic rings. The molecule has 0 saturated carbocycles. The first kappa shape index (κ1) is 14.1. The Morgan fingerprint density at radius 2 is 2.05 bits per heavy atom. The van der Waals surface area contributed by atoms with Crippen molar-refractivity contribution in [3.05, 3.63) is 64.4 Å². The fourth-order valence-electron chi connectivity index (χ4n) is 2.88. The molecular formula is C17H15ClFNO. The second kappa shape index (κ2) is 5.49. The topological polar surface area (TPSA) is 20.3 Å². The molecule has 0 bridgehead atoms. The number of hydrogen-bond acceptors (Lipinski definition) is 1. The zero-order valence-electron chi connectivity index (χ0n) is 11.6. The molecule has 0 spiro atoms. The van der Waals surface area contributed by atoms with E-state index in [1.54, 1.807) is 17.0 Å². The van der Waals surface area contributed by atoms with Crippen molar-refractivity contribution in [2.24, 2.45) is 0 Å². The first-order valence-corrected chi connectivity index (χ1v) is 7.28. The van der Waals surface area contributed by atoms with E-state index in [1.807, 2.05) is 31.2 Å². The van der Waals surface area contributed by atoms with E-state index < -0.39 is 5.82 Å². The summed E-state index contributed by atoms with van der Waals surface area (Å²) in [5, 5.41) is 0.295. The Morgan fingerprint density at radius 3 is 2.81 bits per heavy atom. The van der Waals surface area contributed by atoms with Crippen LogP contribution in [0.15, 0.2) is 42.5 Å². The molecule has 3 rings (SSSR count). The van der Waals surface area contributed by atoms with Crippen LogP contribution >= 0.6 is 11.6 Å². The SMILES string of the molecule is C[C@H]1Cc2ccccc2N1C(=O)Cc1c(F)cccc1Cl. The van der Waals surface area contributed by atoms with Gasteiger partial charge in [-0.25, -0.2) is 4.39 Å². The van der Waals surface area contributed by atoms with Crippen molar-refractivity contribution in [3.63, 3.8) is 0 Å². The largest absolute Gasteiger partial charge is 0.309 e. The Labute approximate surface area is 128 Å². The molecule has 1 heterocycles. The Morgan fingerprint density at radius 1 is 1.29 bits per heavy atom. The van der Waals surface area contributed by atoms with Gasteiger partial charge in [0.15, 0.2) is 0 Å². The third kappa shape index (κ3) is 2.54. The molecule has 0 saturated heterocycles. The van der Waals surface area contributed by atoms with Gasteiger partial charge in [-0.05, 0) is 37.1 Å². The number of para-hydroxylation sites is 1. The van der Waals surface area contributed by atoms with Crippen molar-refractivity contribution in [2.45, 2.75) is 25.8 Å². The number of nitrogens with zero attached hydrogens (tertiary/aromatic N) is 1. The van der Waals surface area contributed by atoms with Gasteiger partial charge in [-0.3, -0.25) is 4.79 Å². The molecule has 0 N–H and O–H groups in total. The highest BCUT2D eigenvalue weighted by molar-refractivity contribution is 6.31. The van der Waals surface area contributed by atoms with Gasteiger partial charge >= 0.3 is 0 Å². The summed E-state index contributed by atoms with van der Waals surface area (Å²) in [6, 6.07) is 12.4. The maximum Gasteiger partial charge on any atom is 0.231 e. The maximum atomic E-state index is 13.8. The summed E-state index contributed by atoms with van der Waals surface area (Å²) in [5.74, 6) is -0.560. The van der Waals surface area contributed by atoms with E-state index in [1.165, 1.54) is 6.07 Å². The van der Waals surface area contributed by atoms with Crippen LogP contribution in [0.2, 0.25) is 5.02 Å². The van der Waals surface area contributed by atoms with Crippen molar-refractivity contribution >= 4 is 23.2 Å². The molecule has 2 nitrogen and oxygen atoms in total. The minimum atomic E-state index is -0.434. The second-order valence-corrected chi connectivity index (χ2v) is 5.73. The molecule has 1 amide bonds. The van der Waals surface area contributed by atoms with Crippen LogP contribution in [0.5, 0.6) is 0 Å². The van der Waals surface area contributed by atoms with Gasteiger partial charge in [0.05, 0.1) is 6.42 Å². The van der Waals surface area contributed by atoms with E-state index >= 15 is 0 Å². The van der Waals surface area contributed by atoms with Crippen LogP contribution in [0.3, 0.4) is 0 Å². The average molecular weight is 304 g/mol. The molecule has 0 unspecified atom stereocenters. The summed E-state index contributed by atoms with van der Waals surface area (Å²) >= 11 is 6.01. The minimum absolute atomic E-state index is 0.0236. The van der Waals surface area contributed by atoms with Crippen LogP contribution in [-0.4, -0.2) is 11.9 Å². The maximum absolute atomic E-state index is 13.8. The lowest BCUT2D eigenvalue weighted by atomic mass is 10.1. The number of rotatable bonds is 2. The Bertz CT molecular complexity index is 681. The first-order chi connectivity index (χ1) is 10.1. The van der Waals surface area contributed by atoms with Crippen molar-refractivity contribution in [1.82, 2.24) is 0 Å². The molecule has 0 radical (unpaired) electrons. The molecule has 0 aliphatic carbocycles. The number of amides is 1. The molecule has 1 atom stereocenters. The summed E-state index contributed by atoms with van der Waals surface area (Å²) < 4.78 is 13.8. The van der Waals surface area contributed by atoms with Crippen LogP contribution in [-0.2, 0) is 17.6 Å². The van der Waals surface area contributed by atoms with Gasteiger partial charge in [0.25, 0.3) is 0 Å². The number of hydrogen-bond donors (Lipinski definition) is 0. The molecule has 2 aromatic carbocycles. The van der Waals surface area contributed by atoms with Crippen LogP contribution in [0.25, 0.3) is 0 Å². The molecule has 108 valence electrons. The van der Waals surface area contributed by atoms with E-state index in [0.717, 1.165) is 17.7 Å². The van der Waals surface area contributed by atoms with Crippen LogP contribution in [0.4, 0.5) is 10.1 Å². The lowest BCUT2D eigenvalue weighted by molar-refractivity contribution is -0.118. The van der Waals surface area contributed by atoms with Gasteiger partial charge in [0.2, 0.25) is 5.91 Å². The number of halogens is 2. The van der Waals surface area contributed by atoms with Crippen molar-refractivity contribution in [1.29, 1.82) is 0 Å². The fourth-order valence-corrected chi connectivity index (χ4v) is 3.11. The molecule has 0 aromatic heterocycles. The summed E-state index contributed by atoms with van der Waals surface area (Å²) in [4.78, 5) is 14.3. The third-order valence-electron chi connectivity index (χ3n) is 3.87. The van der Waals surface area contributed by atoms with Crippen molar-refractivity contribution in [2.75, 3.05) is 4.90 Å². The third-order valence-corrected chi connectivity index (χ3v) is 4.22. The quantitative estimate of drug-likeness (QED) is 0.821. The molecule has 1 aliphatic heterocycles. The number of benzene rings is 2. The Balaban J connectivity index is 1.90. The van der Waals surface area contributed by atoms with Gasteiger partial charge in [-0.2, -0.15) is 0 Å². The van der Waals surface area contributed by atoms with Crippen molar-refractivity contribution in [3.8, 4) is 0 Å². The van der Waals surface area contributed by atoms with Gasteiger partial charge < -0.3 is 4.90 Å². The van der Waals surface area contributed by atoms with Gasteiger partial charge in [0.1, 0.15) is 5.82 Å². The highest BCUT2D eigenvalue weighted by atomic mass is 35.5. The zero-order valence-corrected chi connectivity index (χ0v) is 12.4. The lowest BCUT2D eigenvalue weighted by Gasteiger charge is -2.23. The molecular weight excluding hydrogens is 289 g/mol. The van der Waals surface area contributed by atoms with E-state index in [4.69, 9.17) is 11.6 Å². The smallest absolute Gasteiger partial charge is 0.231 e. The van der Waals surface area contributed by atoms with Crippen molar-refractivity contribution < 1.29 is 9.18 Å². The number of anilines is 1. The van der Waals surface area contributed by atoms with Crippen LogP contribution in [0.1, 0.15) is 18.1 Å². The van der Waals surface area contributed by atoms with E-state index in [2.05, 4.69) is 0 Å². The summed E-state index contributed by atoms with van der Waals surface area (Å²) in [6.45, 7) is 2.00. The van der Waals surface area contributed by atoms with Gasteiger partial charge in [-0.1, -0.05) is 35.9 Å². The summed E-state index contributed by atoms with van der Waals surface area (Å²) in [5.41, 5.74) is 2.33. The van der Waals surface area contributed by atoms with E-state index in [-0.39, 0.29) is 23.9 Å². The zero-order chi connectivity index (χ0) is 15.0.